The number of esters is 1. The van der Waals surface area contributed by atoms with Crippen LogP contribution in [0.15, 0.2) is 23.1 Å². The summed E-state index contributed by atoms with van der Waals surface area (Å²) in [7, 11) is 1.18. The van der Waals surface area contributed by atoms with Crippen LogP contribution in [0, 0.1) is 0 Å². The fourth-order valence-corrected chi connectivity index (χ4v) is 3.74. The molecule has 1 unspecified atom stereocenters. The number of benzene rings is 1. The molecule has 166 valence electrons. The van der Waals surface area contributed by atoms with Crippen LogP contribution in [0.2, 0.25) is 0 Å². The van der Waals surface area contributed by atoms with Crippen LogP contribution in [0.25, 0.3) is 11.0 Å². The Kier molecular flexibility index (Phi) is 6.93. The molecule has 0 aliphatic rings. The molecular formula is C20H30N4O5S. The summed E-state index contributed by atoms with van der Waals surface area (Å²) in [6.07, 6.45) is -0.545. The van der Waals surface area contributed by atoms with Gasteiger partial charge in [0.25, 0.3) is 5.91 Å². The van der Waals surface area contributed by atoms with Crippen molar-refractivity contribution in [1.82, 2.24) is 19.2 Å². The number of ether oxygens (including phenoxy) is 1. The maximum atomic E-state index is 12.3. The molecule has 1 amide bonds. The lowest BCUT2D eigenvalue weighted by molar-refractivity contribution is -0.155. The van der Waals surface area contributed by atoms with Gasteiger partial charge in [0.15, 0.2) is 6.10 Å². The second kappa shape index (κ2) is 8.73. The molecule has 0 fully saturated rings. The monoisotopic (exact) mass is 438 g/mol. The van der Waals surface area contributed by atoms with Gasteiger partial charge in [-0.1, -0.05) is 0 Å². The molecule has 30 heavy (non-hydrogen) atoms. The van der Waals surface area contributed by atoms with Crippen LogP contribution in [0.1, 0.15) is 39.9 Å². The Morgan fingerprint density at radius 2 is 1.90 bits per heavy atom. The van der Waals surface area contributed by atoms with Crippen molar-refractivity contribution >= 4 is 32.9 Å². The lowest BCUT2D eigenvalue weighted by atomic mass is 10.1. The molecule has 10 heteroatoms. The van der Waals surface area contributed by atoms with E-state index in [-0.39, 0.29) is 17.2 Å². The second-order valence-electron chi connectivity index (χ2n) is 8.40. The van der Waals surface area contributed by atoms with E-state index in [9.17, 15) is 18.0 Å². The topological polar surface area (TPSA) is 111 Å². The molecule has 1 N–H and O–H groups in total. The van der Waals surface area contributed by atoms with E-state index >= 15 is 0 Å². The molecule has 1 aromatic heterocycles. The van der Waals surface area contributed by atoms with Gasteiger partial charge in [0.1, 0.15) is 5.82 Å². The van der Waals surface area contributed by atoms with Gasteiger partial charge in [0, 0.05) is 33.1 Å². The minimum Gasteiger partial charge on any atom is -0.453 e. The predicted octanol–water partition coefficient (Wildman–Crippen LogP) is 1.60. The lowest BCUT2D eigenvalue weighted by Gasteiger charge is -2.23. The molecule has 0 aliphatic heterocycles. The summed E-state index contributed by atoms with van der Waals surface area (Å²) in [6.45, 7) is 7.07. The van der Waals surface area contributed by atoms with Crippen LogP contribution in [0.4, 0.5) is 0 Å². The maximum absolute atomic E-state index is 12.3. The normalized spacial score (nSPS) is 13.5. The fourth-order valence-electron chi connectivity index (χ4n) is 2.82. The second-order valence-corrected chi connectivity index (χ2v) is 10.5. The van der Waals surface area contributed by atoms with Gasteiger partial charge < -0.3 is 14.6 Å². The summed E-state index contributed by atoms with van der Waals surface area (Å²) in [4.78, 5) is 28.8. The van der Waals surface area contributed by atoms with Gasteiger partial charge in [-0.25, -0.2) is 17.7 Å². The van der Waals surface area contributed by atoms with Crippen LogP contribution < -0.4 is 5.32 Å². The molecule has 0 spiro atoms. The number of aromatic nitrogens is 2. The molecule has 0 saturated heterocycles. The van der Waals surface area contributed by atoms with Crippen LogP contribution >= 0.6 is 0 Å². The van der Waals surface area contributed by atoms with Gasteiger partial charge in [-0.05, 0) is 45.9 Å². The Morgan fingerprint density at radius 3 is 2.47 bits per heavy atom. The summed E-state index contributed by atoms with van der Waals surface area (Å²) in [5.74, 6) is -0.240. The summed E-state index contributed by atoms with van der Waals surface area (Å²) >= 11 is 0. The number of hydrogen-bond donors (Lipinski definition) is 1. The van der Waals surface area contributed by atoms with Crippen LogP contribution in [-0.4, -0.2) is 59.9 Å². The smallest absolute Gasteiger partial charge is 0.307 e. The van der Waals surface area contributed by atoms with Crippen molar-refractivity contribution in [2.75, 3.05) is 14.1 Å². The standard InChI is InChI=1S/C20H30N4O5S/c1-13(19(26)22-20(2,3)4)29-18(25)11-10-17-21-15-12-14(30(27,28)23(5)6)8-9-16(15)24(17)7/h8-9,12-13H,10-11H2,1-7H3,(H,22,26). The number of sulfonamides is 1. The molecular weight excluding hydrogens is 408 g/mol. The van der Waals surface area contributed by atoms with Crippen molar-refractivity contribution in [3.05, 3.63) is 24.0 Å². The first-order chi connectivity index (χ1) is 13.7. The van der Waals surface area contributed by atoms with E-state index < -0.39 is 27.6 Å². The summed E-state index contributed by atoms with van der Waals surface area (Å²) in [6, 6.07) is 4.75. The average molecular weight is 439 g/mol. The van der Waals surface area contributed by atoms with E-state index in [1.54, 1.807) is 13.1 Å². The van der Waals surface area contributed by atoms with Gasteiger partial charge in [-0.3, -0.25) is 9.59 Å². The highest BCUT2D eigenvalue weighted by Crippen LogP contribution is 2.22. The molecule has 1 heterocycles. The number of hydrogen-bond acceptors (Lipinski definition) is 6. The number of rotatable bonds is 7. The minimum absolute atomic E-state index is 0.0488. The number of imidazole rings is 1. The zero-order chi connectivity index (χ0) is 22.9. The number of nitrogens with one attached hydrogen (secondary N) is 1. The van der Waals surface area contributed by atoms with Crippen LogP contribution in [0.3, 0.4) is 0 Å². The largest absolute Gasteiger partial charge is 0.453 e. The third-order valence-corrected chi connectivity index (χ3v) is 6.26. The first kappa shape index (κ1) is 23.8. The summed E-state index contributed by atoms with van der Waals surface area (Å²) in [5.41, 5.74) is 0.875. The lowest BCUT2D eigenvalue weighted by Crippen LogP contribution is -2.46. The summed E-state index contributed by atoms with van der Waals surface area (Å²) in [5, 5.41) is 2.77. The SMILES string of the molecule is CC(OC(=O)CCc1nc2cc(S(=O)(=O)N(C)C)ccc2n1C)C(=O)NC(C)(C)C. The van der Waals surface area contributed by atoms with Crippen molar-refractivity contribution in [1.29, 1.82) is 0 Å². The highest BCUT2D eigenvalue weighted by Gasteiger charge is 2.23. The van der Waals surface area contributed by atoms with Crippen LogP contribution in [0.5, 0.6) is 0 Å². The number of fused-ring (bicyclic) bond motifs is 1. The summed E-state index contributed by atoms with van der Waals surface area (Å²) < 4.78 is 32.8. The number of carbonyl (C=O) groups excluding carboxylic acids is 2. The third kappa shape index (κ3) is 5.57. The Morgan fingerprint density at radius 1 is 1.27 bits per heavy atom. The molecule has 1 atom stereocenters. The van der Waals surface area contributed by atoms with E-state index in [0.29, 0.717) is 17.8 Å². The first-order valence-electron chi connectivity index (χ1n) is 9.62. The van der Waals surface area contributed by atoms with Crippen molar-refractivity contribution in [2.45, 2.75) is 57.1 Å². The number of nitrogens with zero attached hydrogens (tertiary/aromatic N) is 3. The van der Waals surface area contributed by atoms with Crippen LogP contribution in [-0.2, 0) is 37.8 Å². The Hall–Kier alpha value is -2.46. The quantitative estimate of drug-likeness (QED) is 0.658. The molecule has 0 radical (unpaired) electrons. The number of carbonyl (C=O) groups is 2. The van der Waals surface area contributed by atoms with Gasteiger partial charge in [-0.15, -0.1) is 0 Å². The van der Waals surface area contributed by atoms with Crippen molar-refractivity contribution in [3.63, 3.8) is 0 Å². The van der Waals surface area contributed by atoms with E-state index in [0.717, 1.165) is 9.82 Å². The van der Waals surface area contributed by atoms with E-state index in [2.05, 4.69) is 10.3 Å². The highest BCUT2D eigenvalue weighted by atomic mass is 32.2. The third-order valence-electron chi connectivity index (χ3n) is 4.45. The number of aryl methyl sites for hydroxylation is 2. The van der Waals surface area contributed by atoms with Gasteiger partial charge in [0.05, 0.1) is 22.3 Å². The van der Waals surface area contributed by atoms with Gasteiger partial charge >= 0.3 is 5.97 Å². The first-order valence-corrected chi connectivity index (χ1v) is 11.1. The molecule has 0 saturated carbocycles. The molecule has 2 rings (SSSR count). The Bertz CT molecular complexity index is 1050. The van der Waals surface area contributed by atoms with E-state index in [1.807, 2.05) is 25.3 Å². The van der Waals surface area contributed by atoms with Crippen molar-refractivity contribution < 1.29 is 22.7 Å². The van der Waals surface area contributed by atoms with E-state index in [4.69, 9.17) is 4.74 Å². The predicted molar refractivity (Wildman–Crippen MR) is 113 cm³/mol. The molecule has 0 bridgehead atoms. The highest BCUT2D eigenvalue weighted by molar-refractivity contribution is 7.89. The van der Waals surface area contributed by atoms with Gasteiger partial charge in [-0.2, -0.15) is 0 Å². The zero-order valence-corrected chi connectivity index (χ0v) is 19.3. The Balaban J connectivity index is 2.08. The molecule has 0 aliphatic carbocycles. The Labute approximate surface area is 177 Å². The van der Waals surface area contributed by atoms with Crippen molar-refractivity contribution in [2.24, 2.45) is 7.05 Å². The molecule has 9 nitrogen and oxygen atoms in total. The zero-order valence-electron chi connectivity index (χ0n) is 18.5. The van der Waals surface area contributed by atoms with Gasteiger partial charge in [0.2, 0.25) is 10.0 Å². The maximum Gasteiger partial charge on any atom is 0.307 e. The molecule has 1 aromatic carbocycles. The van der Waals surface area contributed by atoms with Crippen molar-refractivity contribution in [3.8, 4) is 0 Å². The van der Waals surface area contributed by atoms with E-state index in [1.165, 1.54) is 33.2 Å². The fraction of sp³-hybridized carbons (Fsp3) is 0.550. The molecule has 2 aromatic rings. The minimum atomic E-state index is -3.56. The average Bonchev–Trinajstić information content (AvgIpc) is 2.93. The number of amides is 1.